The molecule has 1 saturated carbocycles. The van der Waals surface area contributed by atoms with Crippen LogP contribution >= 0.6 is 36.4 Å². The molecule has 2 atom stereocenters. The molecule has 0 unspecified atom stereocenters. The minimum absolute atomic E-state index is 0. The lowest BCUT2D eigenvalue weighted by Gasteiger charge is -2.49. The van der Waals surface area contributed by atoms with Gasteiger partial charge in [0.15, 0.2) is 0 Å². The summed E-state index contributed by atoms with van der Waals surface area (Å²) in [6, 6.07) is 11.4. The van der Waals surface area contributed by atoms with Crippen LogP contribution in [0.1, 0.15) is 18.4 Å². The van der Waals surface area contributed by atoms with Gasteiger partial charge in [-0.25, -0.2) is 4.39 Å². The van der Waals surface area contributed by atoms with E-state index in [-0.39, 0.29) is 37.2 Å². The van der Waals surface area contributed by atoms with Gasteiger partial charge in [0.05, 0.1) is 0 Å². The molecule has 2 heterocycles. The highest BCUT2D eigenvalue weighted by molar-refractivity contribution is 6.30. The maximum absolute atomic E-state index is 13.8. The number of anilines is 1. The van der Waals surface area contributed by atoms with Crippen LogP contribution < -0.4 is 15.0 Å². The molecule has 1 N–H and O–H groups in total. The van der Waals surface area contributed by atoms with Crippen LogP contribution in [0.5, 0.6) is 5.88 Å². The Balaban J connectivity index is 0.00000121. The van der Waals surface area contributed by atoms with Crippen LogP contribution in [0, 0.1) is 5.82 Å². The smallest absolute Gasteiger partial charge is 0.215 e. The van der Waals surface area contributed by atoms with E-state index in [2.05, 4.69) is 15.2 Å². The van der Waals surface area contributed by atoms with Crippen LogP contribution in [0.3, 0.4) is 0 Å². The Bertz CT molecular complexity index is 749. The Morgan fingerprint density at radius 2 is 2.08 bits per heavy atom. The van der Waals surface area contributed by atoms with Crippen molar-refractivity contribution in [1.29, 1.82) is 0 Å². The van der Waals surface area contributed by atoms with Crippen molar-refractivity contribution in [3.63, 3.8) is 0 Å². The normalized spacial score (nSPS) is 20.9. The van der Waals surface area contributed by atoms with E-state index in [4.69, 9.17) is 16.3 Å². The molecule has 1 aliphatic carbocycles. The molecule has 4 rings (SSSR count). The van der Waals surface area contributed by atoms with Crippen molar-refractivity contribution in [2.75, 3.05) is 18.0 Å². The van der Waals surface area contributed by atoms with Gasteiger partial charge in [-0.1, -0.05) is 23.7 Å². The third-order valence-corrected chi connectivity index (χ3v) is 5.03. The van der Waals surface area contributed by atoms with Gasteiger partial charge in [-0.15, -0.1) is 24.8 Å². The fourth-order valence-corrected chi connectivity index (χ4v) is 3.51. The van der Waals surface area contributed by atoms with Crippen molar-refractivity contribution < 1.29 is 9.13 Å². The molecule has 1 aromatic heterocycles. The summed E-state index contributed by atoms with van der Waals surface area (Å²) >= 11 is 5.77. The number of ether oxygens (including phenoxy) is 1. The summed E-state index contributed by atoms with van der Waals surface area (Å²) in [6.07, 6.45) is 2.42. The van der Waals surface area contributed by atoms with Crippen LogP contribution in [0.25, 0.3) is 0 Å². The van der Waals surface area contributed by atoms with Gasteiger partial charge in [0.25, 0.3) is 0 Å². The Labute approximate surface area is 169 Å². The average molecular weight is 421 g/mol. The lowest BCUT2D eigenvalue weighted by Crippen LogP contribution is -2.63. The predicted octanol–water partition coefficient (Wildman–Crippen LogP) is 4.24. The molecule has 0 bridgehead atoms. The summed E-state index contributed by atoms with van der Waals surface area (Å²) in [4.78, 5) is 6.95. The molecule has 26 heavy (non-hydrogen) atoms. The number of hydrogen-bond acceptors (Lipinski definition) is 4. The summed E-state index contributed by atoms with van der Waals surface area (Å²) in [5, 5.41) is 3.92. The first-order valence-electron chi connectivity index (χ1n) is 8.24. The predicted molar refractivity (Wildman–Crippen MR) is 107 cm³/mol. The van der Waals surface area contributed by atoms with Gasteiger partial charge < -0.3 is 15.0 Å². The quantitative estimate of drug-likeness (QED) is 0.803. The number of benzene rings is 1. The standard InChI is InChI=1S/C18H19ClFN3O.2ClH/c19-13-5-4-12(14(20)10-13)11-24-18-3-1-2-17(22-18)23-9-8-21-15-6-7-16(15)23;;/h1-5,10,15-16,21H,6-9,11H2;2*1H/t15-,16-;;/m1../s1. The third-order valence-electron chi connectivity index (χ3n) is 4.79. The van der Waals surface area contributed by atoms with E-state index in [1.165, 1.54) is 18.9 Å². The van der Waals surface area contributed by atoms with Gasteiger partial charge in [-0.3, -0.25) is 0 Å². The molecule has 4 nitrogen and oxygen atoms in total. The maximum atomic E-state index is 13.8. The first-order valence-corrected chi connectivity index (χ1v) is 8.62. The molecule has 1 saturated heterocycles. The fourth-order valence-electron chi connectivity index (χ4n) is 3.35. The molecule has 1 aromatic carbocycles. The zero-order valence-corrected chi connectivity index (χ0v) is 16.4. The highest BCUT2D eigenvalue weighted by atomic mass is 35.5. The van der Waals surface area contributed by atoms with Crippen LogP contribution in [-0.2, 0) is 6.61 Å². The molecule has 2 fully saturated rings. The second-order valence-electron chi connectivity index (χ2n) is 6.26. The molecule has 2 aromatic rings. The summed E-state index contributed by atoms with van der Waals surface area (Å²) in [5.74, 6) is 1.08. The van der Waals surface area contributed by atoms with Crippen molar-refractivity contribution >= 4 is 42.2 Å². The number of fused-ring (bicyclic) bond motifs is 1. The maximum Gasteiger partial charge on any atom is 0.215 e. The molecule has 142 valence electrons. The number of pyridine rings is 1. The van der Waals surface area contributed by atoms with E-state index in [0.29, 0.717) is 28.5 Å². The number of aromatic nitrogens is 1. The zero-order chi connectivity index (χ0) is 16.5. The fraction of sp³-hybridized carbons (Fsp3) is 0.389. The van der Waals surface area contributed by atoms with Gasteiger partial charge in [-0.05, 0) is 31.0 Å². The number of halogens is 4. The number of nitrogens with zero attached hydrogens (tertiary/aromatic N) is 2. The van der Waals surface area contributed by atoms with Crippen LogP contribution in [-0.4, -0.2) is 30.2 Å². The lowest BCUT2D eigenvalue weighted by atomic mass is 9.83. The van der Waals surface area contributed by atoms with Crippen LogP contribution in [0.15, 0.2) is 36.4 Å². The number of nitrogens with one attached hydrogen (secondary N) is 1. The van der Waals surface area contributed by atoms with E-state index in [0.717, 1.165) is 18.9 Å². The second-order valence-corrected chi connectivity index (χ2v) is 6.69. The van der Waals surface area contributed by atoms with Gasteiger partial charge in [0.2, 0.25) is 5.88 Å². The van der Waals surface area contributed by atoms with Gasteiger partial charge in [0.1, 0.15) is 18.2 Å². The summed E-state index contributed by atoms with van der Waals surface area (Å²) in [6.45, 7) is 2.06. The van der Waals surface area contributed by atoms with E-state index in [1.54, 1.807) is 18.2 Å². The molecule has 2 aliphatic rings. The Hall–Kier alpha value is -1.27. The monoisotopic (exact) mass is 419 g/mol. The number of piperazine rings is 1. The molecule has 1 aliphatic heterocycles. The third kappa shape index (κ3) is 4.34. The highest BCUT2D eigenvalue weighted by Gasteiger charge is 2.38. The topological polar surface area (TPSA) is 37.4 Å². The summed E-state index contributed by atoms with van der Waals surface area (Å²) in [7, 11) is 0. The molecular weight excluding hydrogens is 400 g/mol. The van der Waals surface area contributed by atoms with Crippen molar-refractivity contribution in [2.45, 2.75) is 31.5 Å². The Morgan fingerprint density at radius 3 is 2.81 bits per heavy atom. The summed E-state index contributed by atoms with van der Waals surface area (Å²) < 4.78 is 19.5. The van der Waals surface area contributed by atoms with Crippen molar-refractivity contribution in [1.82, 2.24) is 10.3 Å². The minimum Gasteiger partial charge on any atom is -0.473 e. The van der Waals surface area contributed by atoms with Gasteiger partial charge in [-0.2, -0.15) is 4.98 Å². The first kappa shape index (κ1) is 21.0. The van der Waals surface area contributed by atoms with E-state index in [9.17, 15) is 4.39 Å². The van der Waals surface area contributed by atoms with E-state index >= 15 is 0 Å². The molecule has 0 spiro atoms. The number of hydrogen-bond donors (Lipinski definition) is 1. The second kappa shape index (κ2) is 9.09. The highest BCUT2D eigenvalue weighted by Crippen LogP contribution is 2.31. The number of rotatable bonds is 4. The van der Waals surface area contributed by atoms with Crippen molar-refractivity contribution in [3.8, 4) is 5.88 Å². The van der Waals surface area contributed by atoms with Crippen molar-refractivity contribution in [2.24, 2.45) is 0 Å². The van der Waals surface area contributed by atoms with Crippen LogP contribution in [0.2, 0.25) is 5.02 Å². The Morgan fingerprint density at radius 1 is 1.23 bits per heavy atom. The van der Waals surface area contributed by atoms with E-state index < -0.39 is 0 Å². The molecule has 0 amide bonds. The summed E-state index contributed by atoms with van der Waals surface area (Å²) in [5.41, 5.74) is 0.466. The molecular formula is C18H21Cl3FN3O. The first-order chi connectivity index (χ1) is 11.7. The molecule has 8 heteroatoms. The zero-order valence-electron chi connectivity index (χ0n) is 14.0. The molecule has 0 radical (unpaired) electrons. The average Bonchev–Trinajstić information content (AvgIpc) is 2.55. The van der Waals surface area contributed by atoms with Crippen molar-refractivity contribution in [3.05, 3.63) is 52.8 Å². The van der Waals surface area contributed by atoms with E-state index in [1.807, 2.05) is 12.1 Å². The Kier molecular flexibility index (Phi) is 7.35. The van der Waals surface area contributed by atoms with Gasteiger partial charge in [0, 0.05) is 41.8 Å². The van der Waals surface area contributed by atoms with Gasteiger partial charge >= 0.3 is 0 Å². The van der Waals surface area contributed by atoms with Crippen LogP contribution in [0.4, 0.5) is 10.2 Å². The SMILES string of the molecule is Cl.Cl.Fc1cc(Cl)ccc1COc1cccc(N2CCN[C@@H]3CC[C@H]32)n1. The minimum atomic E-state index is -0.363. The largest absolute Gasteiger partial charge is 0.473 e. The lowest BCUT2D eigenvalue weighted by molar-refractivity contribution is 0.238.